The Morgan fingerprint density at radius 2 is 1.52 bits per heavy atom. The fourth-order valence-electron chi connectivity index (χ4n) is 5.90. The van der Waals surface area contributed by atoms with Crippen LogP contribution in [0.3, 0.4) is 0 Å². The quantitative estimate of drug-likeness (QED) is 0.420. The molecule has 0 aliphatic carbocycles. The highest BCUT2D eigenvalue weighted by Crippen LogP contribution is 2.39. The first-order chi connectivity index (χ1) is 18.8. The van der Waals surface area contributed by atoms with Gasteiger partial charge in [0.15, 0.2) is 0 Å². The summed E-state index contributed by atoms with van der Waals surface area (Å²) in [6, 6.07) is 16.0. The molecule has 4 rings (SSSR count). The molecule has 2 aromatic carbocycles. The van der Waals surface area contributed by atoms with E-state index in [1.54, 1.807) is 17.0 Å². The van der Waals surface area contributed by atoms with E-state index >= 15 is 0 Å². The summed E-state index contributed by atoms with van der Waals surface area (Å²) in [6.45, 7) is 9.48. The molecule has 6 nitrogen and oxygen atoms in total. The number of thioether (sulfide) groups is 1. The number of halogens is 3. The van der Waals surface area contributed by atoms with Crippen LogP contribution in [0.5, 0.6) is 0 Å². The normalized spacial score (nSPS) is 20.4. The summed E-state index contributed by atoms with van der Waals surface area (Å²) in [7, 11) is 0. The first kappa shape index (κ1) is 30.2. The molecule has 0 bridgehead atoms. The lowest BCUT2D eigenvalue weighted by molar-refractivity contribution is -0.141. The Morgan fingerprint density at radius 1 is 0.925 bits per heavy atom. The smallest absolute Gasteiger partial charge is 0.351 e. The van der Waals surface area contributed by atoms with Gasteiger partial charge in [-0.2, -0.15) is 13.2 Å². The highest BCUT2D eigenvalue weighted by Gasteiger charge is 2.41. The lowest BCUT2D eigenvalue weighted by Gasteiger charge is -2.50. The van der Waals surface area contributed by atoms with Gasteiger partial charge < -0.3 is 15.5 Å². The number of alkyl halides is 3. The number of amides is 3. The van der Waals surface area contributed by atoms with Gasteiger partial charge in [0.1, 0.15) is 0 Å². The number of carbonyl (C=O) groups is 2. The number of hydrogen-bond donors (Lipinski definition) is 1. The first-order valence-corrected chi connectivity index (χ1v) is 14.6. The Morgan fingerprint density at radius 3 is 2.08 bits per heavy atom. The van der Waals surface area contributed by atoms with Gasteiger partial charge in [0.05, 0.1) is 6.04 Å². The highest BCUT2D eigenvalue weighted by atomic mass is 32.2. The summed E-state index contributed by atoms with van der Waals surface area (Å²) in [5.41, 5.74) is 2.88. The van der Waals surface area contributed by atoms with E-state index in [0.717, 1.165) is 24.0 Å². The molecule has 0 radical (unpaired) electrons. The number of piperazine rings is 1. The molecule has 3 amide bonds. The third-order valence-corrected chi connectivity index (χ3v) is 8.77. The fraction of sp³-hybridized carbons (Fsp3) is 0.533. The molecule has 1 unspecified atom stereocenters. The molecule has 0 spiro atoms. The number of hydrogen-bond acceptors (Lipinski definition) is 4. The summed E-state index contributed by atoms with van der Waals surface area (Å²) < 4.78 is 38.7. The predicted molar refractivity (Wildman–Crippen MR) is 152 cm³/mol. The van der Waals surface area contributed by atoms with Crippen LogP contribution in [0.25, 0.3) is 0 Å². The number of nitrogens with two attached hydrogens (primary N) is 1. The van der Waals surface area contributed by atoms with E-state index in [1.165, 1.54) is 12.1 Å². The molecule has 2 aliphatic heterocycles. The second-order valence-corrected chi connectivity index (χ2v) is 13.0. The Hall–Kier alpha value is -2.72. The van der Waals surface area contributed by atoms with Crippen molar-refractivity contribution in [2.75, 3.05) is 32.7 Å². The van der Waals surface area contributed by atoms with E-state index in [2.05, 4.69) is 25.7 Å². The number of benzene rings is 2. The van der Waals surface area contributed by atoms with E-state index in [0.29, 0.717) is 39.1 Å². The van der Waals surface area contributed by atoms with Crippen molar-refractivity contribution in [3.8, 4) is 0 Å². The third kappa shape index (κ3) is 7.72. The van der Waals surface area contributed by atoms with Crippen molar-refractivity contribution in [3.63, 3.8) is 0 Å². The van der Waals surface area contributed by atoms with Crippen molar-refractivity contribution < 1.29 is 22.8 Å². The molecule has 2 atom stereocenters. The summed E-state index contributed by atoms with van der Waals surface area (Å²) in [5.74, 6) is 0.369. The zero-order valence-corrected chi connectivity index (χ0v) is 24.2. The Labute approximate surface area is 239 Å². The van der Waals surface area contributed by atoms with Crippen molar-refractivity contribution in [1.29, 1.82) is 0 Å². The summed E-state index contributed by atoms with van der Waals surface area (Å²) in [6.07, 6.45) is 2.00. The number of rotatable bonds is 6. The number of nitrogens with zero attached hydrogens (tertiary/aromatic N) is 3. The zero-order valence-electron chi connectivity index (χ0n) is 23.4. The van der Waals surface area contributed by atoms with Gasteiger partial charge in [0, 0.05) is 50.1 Å². The Kier molecular flexibility index (Phi) is 9.40. The van der Waals surface area contributed by atoms with Gasteiger partial charge in [-0.15, -0.1) is 0 Å². The Bertz CT molecular complexity index is 1150. The maximum atomic E-state index is 13.6. The molecule has 2 N–H and O–H groups in total. The van der Waals surface area contributed by atoms with Gasteiger partial charge >= 0.3 is 11.5 Å². The second-order valence-electron chi connectivity index (χ2n) is 11.9. The standard InChI is InChI=1S/C30H39F3N4O2S/c1-29(2,3)25-20-36(17-18-37(25)26(38)19-21-13-15-35(16-14-21)28(34)39)27(22-7-5-4-6-8-22)23-9-11-24(12-10-23)40-30(31,32)33/h4-12,21,25,27H,13-20H2,1-3H3,(H2,34,39)/t25-,27?/m1/s1. The van der Waals surface area contributed by atoms with Gasteiger partial charge in [0.25, 0.3) is 0 Å². The van der Waals surface area contributed by atoms with E-state index < -0.39 is 11.5 Å². The fourth-order valence-corrected chi connectivity index (χ4v) is 6.44. The van der Waals surface area contributed by atoms with E-state index in [9.17, 15) is 22.8 Å². The summed E-state index contributed by atoms with van der Waals surface area (Å²) in [5, 5.41) is 0. The van der Waals surface area contributed by atoms with Crippen molar-refractivity contribution >= 4 is 23.7 Å². The maximum absolute atomic E-state index is 13.6. The van der Waals surface area contributed by atoms with Crippen LogP contribution in [0.4, 0.5) is 18.0 Å². The topological polar surface area (TPSA) is 69.9 Å². The number of piperidine rings is 1. The number of likely N-dealkylation sites (tertiary alicyclic amines) is 1. The molecule has 2 fully saturated rings. The molecule has 0 aromatic heterocycles. The van der Waals surface area contributed by atoms with Crippen molar-refractivity contribution in [1.82, 2.24) is 14.7 Å². The van der Waals surface area contributed by atoms with Crippen LogP contribution in [0, 0.1) is 11.3 Å². The minimum atomic E-state index is -4.33. The van der Waals surface area contributed by atoms with Crippen molar-refractivity contribution in [2.45, 2.75) is 62.5 Å². The van der Waals surface area contributed by atoms with Crippen LogP contribution in [-0.2, 0) is 4.79 Å². The van der Waals surface area contributed by atoms with Gasteiger partial charge in [0.2, 0.25) is 5.91 Å². The molecule has 10 heteroatoms. The molecular weight excluding hydrogens is 537 g/mol. The third-order valence-electron chi connectivity index (χ3n) is 8.03. The minimum absolute atomic E-state index is 0.0364. The minimum Gasteiger partial charge on any atom is -0.351 e. The second kappa shape index (κ2) is 12.4. The highest BCUT2D eigenvalue weighted by molar-refractivity contribution is 8.00. The molecule has 218 valence electrons. The molecule has 40 heavy (non-hydrogen) atoms. The number of primary amides is 1. The molecule has 2 aromatic rings. The average molecular weight is 577 g/mol. The molecule has 2 heterocycles. The first-order valence-electron chi connectivity index (χ1n) is 13.8. The Balaban J connectivity index is 1.53. The van der Waals surface area contributed by atoms with Gasteiger partial charge in [-0.05, 0) is 59.2 Å². The molecular formula is C30H39F3N4O2S. The number of urea groups is 1. The summed E-state index contributed by atoms with van der Waals surface area (Å²) in [4.78, 5) is 31.3. The van der Waals surface area contributed by atoms with Gasteiger partial charge in [-0.1, -0.05) is 63.2 Å². The summed E-state index contributed by atoms with van der Waals surface area (Å²) >= 11 is -0.108. The van der Waals surface area contributed by atoms with Crippen LogP contribution in [0.1, 0.15) is 57.2 Å². The van der Waals surface area contributed by atoms with Crippen LogP contribution < -0.4 is 5.73 Å². The predicted octanol–water partition coefficient (Wildman–Crippen LogP) is 6.13. The van der Waals surface area contributed by atoms with E-state index in [4.69, 9.17) is 5.73 Å². The van der Waals surface area contributed by atoms with Gasteiger partial charge in [-0.25, -0.2) is 4.79 Å². The number of carbonyl (C=O) groups excluding carboxylic acids is 2. The van der Waals surface area contributed by atoms with Crippen LogP contribution in [-0.4, -0.2) is 70.9 Å². The molecule has 2 saturated heterocycles. The van der Waals surface area contributed by atoms with Crippen molar-refractivity contribution in [3.05, 3.63) is 65.7 Å². The largest absolute Gasteiger partial charge is 0.446 e. The van der Waals surface area contributed by atoms with Crippen LogP contribution >= 0.6 is 11.8 Å². The SMILES string of the molecule is CC(C)(C)[C@H]1CN(C(c2ccccc2)c2ccc(SC(F)(F)F)cc2)CCN1C(=O)CC1CCN(C(N)=O)CC1. The van der Waals surface area contributed by atoms with Crippen molar-refractivity contribution in [2.24, 2.45) is 17.1 Å². The van der Waals surface area contributed by atoms with E-state index in [-0.39, 0.29) is 46.0 Å². The van der Waals surface area contributed by atoms with Gasteiger partial charge in [-0.3, -0.25) is 9.69 Å². The molecule has 2 aliphatic rings. The average Bonchev–Trinajstić information content (AvgIpc) is 2.89. The zero-order chi connectivity index (χ0) is 29.1. The monoisotopic (exact) mass is 576 g/mol. The van der Waals surface area contributed by atoms with Crippen LogP contribution in [0.15, 0.2) is 59.5 Å². The maximum Gasteiger partial charge on any atom is 0.446 e. The molecule has 0 saturated carbocycles. The lowest BCUT2D eigenvalue weighted by atomic mass is 9.82. The van der Waals surface area contributed by atoms with Crippen LogP contribution in [0.2, 0.25) is 0 Å². The van der Waals surface area contributed by atoms with E-state index in [1.807, 2.05) is 35.2 Å². The lowest BCUT2D eigenvalue weighted by Crippen LogP contribution is -2.60.